The average molecular weight is 359 g/mol. The standard InChI is InChI=1S/C20H17N5O2/c21-10-16-14-1-4-20(26-7-8-27-20)9-15(14)17(13-2-5-25-6-3-13)19(11-22,12-23)18(16)24/h1-3,5-6,15,17H,4,7-9,24H2/t15-,17+/m1/s1. The van der Waals surface area contributed by atoms with Gasteiger partial charge in [0.2, 0.25) is 0 Å². The molecule has 0 unspecified atom stereocenters. The Hall–Kier alpha value is -3.18. The fourth-order valence-corrected chi connectivity index (χ4v) is 4.55. The second-order valence-corrected chi connectivity index (χ2v) is 6.97. The van der Waals surface area contributed by atoms with E-state index in [0.717, 1.165) is 11.1 Å². The van der Waals surface area contributed by atoms with Crippen LogP contribution in [0.3, 0.4) is 0 Å². The van der Waals surface area contributed by atoms with E-state index in [1.807, 2.05) is 6.08 Å². The van der Waals surface area contributed by atoms with Gasteiger partial charge in [-0.25, -0.2) is 0 Å². The molecule has 1 aliphatic heterocycles. The number of hydrogen-bond acceptors (Lipinski definition) is 7. The van der Waals surface area contributed by atoms with Crippen LogP contribution in [0.5, 0.6) is 0 Å². The third-order valence-corrected chi connectivity index (χ3v) is 5.76. The molecule has 0 saturated carbocycles. The maximum absolute atomic E-state index is 10.0. The van der Waals surface area contributed by atoms with Gasteiger partial charge in [-0.2, -0.15) is 15.8 Å². The summed E-state index contributed by atoms with van der Waals surface area (Å²) in [5.41, 5.74) is 6.40. The van der Waals surface area contributed by atoms with Crippen LogP contribution in [0.25, 0.3) is 0 Å². The average Bonchev–Trinajstić information content (AvgIpc) is 3.16. The van der Waals surface area contributed by atoms with Crippen LogP contribution in [0.1, 0.15) is 24.3 Å². The zero-order chi connectivity index (χ0) is 19.1. The van der Waals surface area contributed by atoms with Crippen LogP contribution in [0.15, 0.2) is 47.4 Å². The highest BCUT2D eigenvalue weighted by Crippen LogP contribution is 2.57. The van der Waals surface area contributed by atoms with Crippen LogP contribution >= 0.6 is 0 Å². The third kappa shape index (κ3) is 2.35. The monoisotopic (exact) mass is 359 g/mol. The molecule has 0 aromatic carbocycles. The second-order valence-electron chi connectivity index (χ2n) is 6.97. The summed E-state index contributed by atoms with van der Waals surface area (Å²) in [6.07, 6.45) is 6.12. The first-order valence-electron chi connectivity index (χ1n) is 8.72. The normalized spacial score (nSPS) is 27.8. The smallest absolute Gasteiger partial charge is 0.191 e. The zero-order valence-corrected chi connectivity index (χ0v) is 14.6. The molecular weight excluding hydrogens is 342 g/mol. The Morgan fingerprint density at radius 2 is 1.78 bits per heavy atom. The zero-order valence-electron chi connectivity index (χ0n) is 14.6. The van der Waals surface area contributed by atoms with Crippen molar-refractivity contribution >= 4 is 0 Å². The lowest BCUT2D eigenvalue weighted by molar-refractivity contribution is -0.171. The van der Waals surface area contributed by atoms with Gasteiger partial charge in [0.25, 0.3) is 0 Å². The Morgan fingerprint density at radius 3 is 2.37 bits per heavy atom. The first-order chi connectivity index (χ1) is 13.1. The highest BCUT2D eigenvalue weighted by Gasteiger charge is 2.57. The molecule has 1 aromatic heterocycles. The molecule has 4 rings (SSSR count). The number of allylic oxidation sites excluding steroid dienone is 3. The molecule has 2 heterocycles. The molecule has 0 amide bonds. The molecule has 3 aliphatic rings. The molecule has 1 aromatic rings. The Balaban J connectivity index is 1.97. The van der Waals surface area contributed by atoms with Crippen molar-refractivity contribution in [2.75, 3.05) is 13.2 Å². The van der Waals surface area contributed by atoms with E-state index in [2.05, 4.69) is 23.2 Å². The number of pyridine rings is 1. The van der Waals surface area contributed by atoms with Crippen LogP contribution in [0.4, 0.5) is 0 Å². The molecule has 1 fully saturated rings. The predicted octanol–water partition coefficient (Wildman–Crippen LogP) is 2.03. The van der Waals surface area contributed by atoms with Crippen molar-refractivity contribution in [1.82, 2.24) is 4.98 Å². The lowest BCUT2D eigenvalue weighted by Crippen LogP contribution is -2.47. The van der Waals surface area contributed by atoms with E-state index in [1.54, 1.807) is 24.5 Å². The number of fused-ring (bicyclic) bond motifs is 1. The number of aromatic nitrogens is 1. The van der Waals surface area contributed by atoms with Gasteiger partial charge in [-0.15, -0.1) is 0 Å². The highest BCUT2D eigenvalue weighted by atomic mass is 16.7. The quantitative estimate of drug-likeness (QED) is 0.812. The molecule has 1 spiro atoms. The summed E-state index contributed by atoms with van der Waals surface area (Å²) in [7, 11) is 0. The number of rotatable bonds is 1. The molecule has 0 bridgehead atoms. The Labute approximate surface area is 156 Å². The minimum atomic E-state index is -1.65. The van der Waals surface area contributed by atoms with Crippen molar-refractivity contribution in [3.8, 4) is 18.2 Å². The number of nitrogens with zero attached hydrogens (tertiary/aromatic N) is 4. The molecular formula is C20H17N5O2. The second kappa shape index (κ2) is 6.21. The van der Waals surface area contributed by atoms with E-state index in [4.69, 9.17) is 15.2 Å². The molecule has 0 radical (unpaired) electrons. The first-order valence-corrected chi connectivity index (χ1v) is 8.72. The maximum atomic E-state index is 10.0. The first kappa shape index (κ1) is 17.2. The molecule has 134 valence electrons. The summed E-state index contributed by atoms with van der Waals surface area (Å²) >= 11 is 0. The molecule has 2 atom stereocenters. The van der Waals surface area contributed by atoms with E-state index >= 15 is 0 Å². The topological polar surface area (TPSA) is 129 Å². The maximum Gasteiger partial charge on any atom is 0.191 e. The van der Waals surface area contributed by atoms with E-state index < -0.39 is 17.1 Å². The Bertz CT molecular complexity index is 941. The van der Waals surface area contributed by atoms with Crippen molar-refractivity contribution in [2.45, 2.75) is 24.5 Å². The Kier molecular flexibility index (Phi) is 3.97. The van der Waals surface area contributed by atoms with Crippen molar-refractivity contribution < 1.29 is 9.47 Å². The number of ether oxygens (including phenoxy) is 2. The summed E-state index contributed by atoms with van der Waals surface area (Å²) in [4.78, 5) is 4.04. The van der Waals surface area contributed by atoms with Crippen LogP contribution in [0.2, 0.25) is 0 Å². The molecule has 2 aliphatic carbocycles. The minimum absolute atomic E-state index is 0.0171. The molecule has 27 heavy (non-hydrogen) atoms. The largest absolute Gasteiger partial charge is 0.399 e. The lowest BCUT2D eigenvalue weighted by Gasteiger charge is -2.46. The van der Waals surface area contributed by atoms with Gasteiger partial charge in [0, 0.05) is 31.2 Å². The van der Waals surface area contributed by atoms with Gasteiger partial charge in [0.05, 0.1) is 36.6 Å². The van der Waals surface area contributed by atoms with E-state index in [9.17, 15) is 15.8 Å². The summed E-state index contributed by atoms with van der Waals surface area (Å²) < 4.78 is 11.7. The fourth-order valence-electron chi connectivity index (χ4n) is 4.55. The van der Waals surface area contributed by atoms with Gasteiger partial charge in [-0.3, -0.25) is 4.98 Å². The summed E-state index contributed by atoms with van der Waals surface area (Å²) in [5.74, 6) is -1.63. The SMILES string of the molecule is N#CC1=C(N)C(C#N)(C#N)[C@@H](c2ccncc2)[C@@H]2CC3(CC=C12)OCCO3. The lowest BCUT2D eigenvalue weighted by atomic mass is 9.56. The summed E-state index contributed by atoms with van der Waals surface area (Å²) in [6.45, 7) is 1.00. The Morgan fingerprint density at radius 1 is 1.11 bits per heavy atom. The molecule has 7 heteroatoms. The fraction of sp³-hybridized carbons (Fsp3) is 0.400. The summed E-state index contributed by atoms with van der Waals surface area (Å²) in [5, 5.41) is 29.7. The van der Waals surface area contributed by atoms with Gasteiger partial charge in [0.15, 0.2) is 11.2 Å². The van der Waals surface area contributed by atoms with Gasteiger partial charge < -0.3 is 15.2 Å². The number of nitrogens with two attached hydrogens (primary N) is 1. The van der Waals surface area contributed by atoms with Gasteiger partial charge >= 0.3 is 0 Å². The number of nitriles is 3. The van der Waals surface area contributed by atoms with Crippen LogP contribution < -0.4 is 5.73 Å². The van der Waals surface area contributed by atoms with E-state index in [-0.39, 0.29) is 17.2 Å². The van der Waals surface area contributed by atoms with Crippen molar-refractivity contribution in [3.63, 3.8) is 0 Å². The molecule has 7 nitrogen and oxygen atoms in total. The van der Waals surface area contributed by atoms with Gasteiger partial charge in [-0.05, 0) is 29.2 Å². The third-order valence-electron chi connectivity index (χ3n) is 5.76. The van der Waals surface area contributed by atoms with E-state index in [1.165, 1.54) is 0 Å². The van der Waals surface area contributed by atoms with Crippen LogP contribution in [-0.2, 0) is 9.47 Å². The van der Waals surface area contributed by atoms with Crippen molar-refractivity contribution in [2.24, 2.45) is 17.1 Å². The van der Waals surface area contributed by atoms with Crippen molar-refractivity contribution in [3.05, 3.63) is 53.0 Å². The molecule has 2 N–H and O–H groups in total. The highest BCUT2D eigenvalue weighted by molar-refractivity contribution is 5.59. The summed E-state index contributed by atoms with van der Waals surface area (Å²) in [6, 6.07) is 9.92. The van der Waals surface area contributed by atoms with Crippen LogP contribution in [0, 0.1) is 45.3 Å². The van der Waals surface area contributed by atoms with Gasteiger partial charge in [0.1, 0.15) is 6.07 Å². The predicted molar refractivity (Wildman–Crippen MR) is 92.9 cm³/mol. The van der Waals surface area contributed by atoms with E-state index in [0.29, 0.717) is 26.1 Å². The minimum Gasteiger partial charge on any atom is -0.399 e. The van der Waals surface area contributed by atoms with Crippen LogP contribution in [-0.4, -0.2) is 24.0 Å². The van der Waals surface area contributed by atoms with Gasteiger partial charge in [-0.1, -0.05) is 6.08 Å². The van der Waals surface area contributed by atoms with Crippen molar-refractivity contribution in [1.29, 1.82) is 15.8 Å². The molecule has 1 saturated heterocycles. The number of hydrogen-bond donors (Lipinski definition) is 1.